The summed E-state index contributed by atoms with van der Waals surface area (Å²) in [6.45, 7) is 0. The van der Waals surface area contributed by atoms with Crippen LogP contribution in [0.3, 0.4) is 0 Å². The molecule has 0 saturated heterocycles. The molecule has 19 heavy (non-hydrogen) atoms. The average Bonchev–Trinajstić information content (AvgIpc) is 2.78. The molecule has 0 aliphatic rings. The van der Waals surface area contributed by atoms with Gasteiger partial charge in [-0.1, -0.05) is 0 Å². The van der Waals surface area contributed by atoms with Gasteiger partial charge in [-0.3, -0.25) is 4.79 Å². The van der Waals surface area contributed by atoms with Crippen LogP contribution in [0.1, 0.15) is 12.1 Å². The van der Waals surface area contributed by atoms with Crippen LogP contribution in [0.5, 0.6) is 0 Å². The molecule has 0 fully saturated rings. The lowest BCUT2D eigenvalue weighted by atomic mass is 10.2. The van der Waals surface area contributed by atoms with Crippen molar-refractivity contribution in [1.82, 2.24) is 4.98 Å². The van der Waals surface area contributed by atoms with Crippen LogP contribution in [-0.4, -0.2) is 16.1 Å². The van der Waals surface area contributed by atoms with Gasteiger partial charge >= 0.3 is 5.97 Å². The number of carboxylic acids is 1. The van der Waals surface area contributed by atoms with Gasteiger partial charge < -0.3 is 10.4 Å². The second kappa shape index (κ2) is 6.12. The summed E-state index contributed by atoms with van der Waals surface area (Å²) >= 11 is 4.64. The molecule has 0 aliphatic carbocycles. The zero-order chi connectivity index (χ0) is 13.8. The number of carboxylic acid groups (broad SMARTS) is 1. The van der Waals surface area contributed by atoms with E-state index in [1.807, 2.05) is 5.38 Å². The summed E-state index contributed by atoms with van der Waals surface area (Å²) in [5.41, 5.74) is 1.44. The van der Waals surface area contributed by atoms with Gasteiger partial charge in [0, 0.05) is 16.3 Å². The standard InChI is InChI=1S/C12H10BrFN2O2S/c13-9-5-7(14)1-3-10(9)16-12-15-8(6-19-12)2-4-11(17)18/h1,3,5-6H,2,4H2,(H,15,16)(H,17,18). The van der Waals surface area contributed by atoms with Crippen molar-refractivity contribution in [2.24, 2.45) is 0 Å². The van der Waals surface area contributed by atoms with Gasteiger partial charge in [-0.25, -0.2) is 9.37 Å². The van der Waals surface area contributed by atoms with Crippen LogP contribution in [0.25, 0.3) is 0 Å². The van der Waals surface area contributed by atoms with Crippen molar-refractivity contribution in [1.29, 1.82) is 0 Å². The maximum Gasteiger partial charge on any atom is 0.303 e. The molecule has 1 heterocycles. The minimum Gasteiger partial charge on any atom is -0.481 e. The molecule has 0 spiro atoms. The molecule has 1 aromatic heterocycles. The van der Waals surface area contributed by atoms with E-state index in [4.69, 9.17) is 5.11 Å². The molecule has 0 aliphatic heterocycles. The Morgan fingerprint density at radius 1 is 1.53 bits per heavy atom. The highest BCUT2D eigenvalue weighted by Crippen LogP contribution is 2.28. The van der Waals surface area contributed by atoms with Gasteiger partial charge in [-0.15, -0.1) is 11.3 Å². The van der Waals surface area contributed by atoms with Gasteiger partial charge in [0.1, 0.15) is 5.82 Å². The van der Waals surface area contributed by atoms with Gasteiger partial charge in [0.25, 0.3) is 0 Å². The zero-order valence-electron chi connectivity index (χ0n) is 9.69. The van der Waals surface area contributed by atoms with Crippen molar-refractivity contribution >= 4 is 44.1 Å². The number of carbonyl (C=O) groups is 1. The lowest BCUT2D eigenvalue weighted by Crippen LogP contribution is -1.98. The van der Waals surface area contributed by atoms with E-state index in [2.05, 4.69) is 26.2 Å². The Morgan fingerprint density at radius 2 is 2.32 bits per heavy atom. The van der Waals surface area contributed by atoms with Crippen molar-refractivity contribution < 1.29 is 14.3 Å². The highest BCUT2D eigenvalue weighted by Gasteiger charge is 2.07. The molecule has 2 rings (SSSR count). The molecule has 2 aromatic rings. The van der Waals surface area contributed by atoms with Crippen molar-refractivity contribution in [2.45, 2.75) is 12.8 Å². The van der Waals surface area contributed by atoms with E-state index in [9.17, 15) is 9.18 Å². The molecule has 0 bridgehead atoms. The first-order chi connectivity index (χ1) is 9.04. The number of benzene rings is 1. The SMILES string of the molecule is O=C(O)CCc1csc(Nc2ccc(F)cc2Br)n1. The predicted octanol–water partition coefficient (Wildman–Crippen LogP) is 3.81. The van der Waals surface area contributed by atoms with Crippen molar-refractivity contribution in [3.05, 3.63) is 39.6 Å². The summed E-state index contributed by atoms with van der Waals surface area (Å²) < 4.78 is 13.5. The highest BCUT2D eigenvalue weighted by molar-refractivity contribution is 9.10. The van der Waals surface area contributed by atoms with E-state index in [1.54, 1.807) is 6.07 Å². The molecule has 1 aromatic carbocycles. The maximum absolute atomic E-state index is 12.9. The summed E-state index contributed by atoms with van der Waals surface area (Å²) in [5.74, 6) is -1.16. The lowest BCUT2D eigenvalue weighted by molar-refractivity contribution is -0.136. The first-order valence-electron chi connectivity index (χ1n) is 5.43. The number of thiazole rings is 1. The number of halogens is 2. The maximum atomic E-state index is 12.9. The van der Waals surface area contributed by atoms with Crippen molar-refractivity contribution in [2.75, 3.05) is 5.32 Å². The van der Waals surface area contributed by atoms with E-state index in [-0.39, 0.29) is 12.2 Å². The zero-order valence-corrected chi connectivity index (χ0v) is 12.1. The van der Waals surface area contributed by atoms with E-state index in [0.29, 0.717) is 21.7 Å². The molecular formula is C12H10BrFN2O2S. The van der Waals surface area contributed by atoms with Crippen LogP contribution < -0.4 is 5.32 Å². The minimum absolute atomic E-state index is 0.0589. The fraction of sp³-hybridized carbons (Fsp3) is 0.167. The normalized spacial score (nSPS) is 10.4. The van der Waals surface area contributed by atoms with Crippen molar-refractivity contribution in [3.63, 3.8) is 0 Å². The van der Waals surface area contributed by atoms with Gasteiger partial charge in [0.05, 0.1) is 17.8 Å². The number of nitrogens with zero attached hydrogens (tertiary/aromatic N) is 1. The fourth-order valence-corrected chi connectivity index (χ4v) is 2.63. The van der Waals surface area contributed by atoms with Gasteiger partial charge in [0.15, 0.2) is 5.13 Å². The van der Waals surface area contributed by atoms with E-state index >= 15 is 0 Å². The number of aliphatic carboxylic acids is 1. The molecule has 7 heteroatoms. The quantitative estimate of drug-likeness (QED) is 0.865. The Balaban J connectivity index is 2.05. The highest BCUT2D eigenvalue weighted by atomic mass is 79.9. The molecule has 0 unspecified atom stereocenters. The molecule has 0 atom stereocenters. The summed E-state index contributed by atoms with van der Waals surface area (Å²) in [4.78, 5) is 14.7. The van der Waals surface area contributed by atoms with Gasteiger partial charge in [-0.05, 0) is 34.1 Å². The Hall–Kier alpha value is -1.47. The molecule has 100 valence electrons. The first-order valence-corrected chi connectivity index (χ1v) is 7.10. The van der Waals surface area contributed by atoms with Crippen LogP contribution >= 0.6 is 27.3 Å². The Bertz CT molecular complexity index is 603. The number of nitrogens with one attached hydrogen (secondary N) is 1. The van der Waals surface area contributed by atoms with Crippen molar-refractivity contribution in [3.8, 4) is 0 Å². The number of anilines is 2. The number of aromatic nitrogens is 1. The van der Waals surface area contributed by atoms with Crippen LogP contribution in [0, 0.1) is 5.82 Å². The lowest BCUT2D eigenvalue weighted by Gasteiger charge is -2.04. The Kier molecular flexibility index (Phi) is 4.49. The minimum atomic E-state index is -0.844. The molecule has 4 nitrogen and oxygen atoms in total. The third-order valence-electron chi connectivity index (χ3n) is 2.32. The fourth-order valence-electron chi connectivity index (χ4n) is 1.42. The van der Waals surface area contributed by atoms with E-state index < -0.39 is 5.97 Å². The number of aryl methyl sites for hydroxylation is 1. The smallest absolute Gasteiger partial charge is 0.303 e. The summed E-state index contributed by atoms with van der Waals surface area (Å²) in [6.07, 6.45) is 0.460. The first kappa shape index (κ1) is 14.0. The molecule has 2 N–H and O–H groups in total. The monoisotopic (exact) mass is 344 g/mol. The summed E-state index contributed by atoms with van der Waals surface area (Å²) in [7, 11) is 0. The summed E-state index contributed by atoms with van der Waals surface area (Å²) in [5, 5.41) is 14.1. The molecule has 0 amide bonds. The van der Waals surface area contributed by atoms with E-state index in [1.165, 1.54) is 23.5 Å². The summed E-state index contributed by atoms with van der Waals surface area (Å²) in [6, 6.07) is 4.32. The van der Waals surface area contributed by atoms with E-state index in [0.717, 1.165) is 5.69 Å². The van der Waals surface area contributed by atoms with Gasteiger partial charge in [-0.2, -0.15) is 0 Å². The predicted molar refractivity (Wildman–Crippen MR) is 75.5 cm³/mol. The van der Waals surface area contributed by atoms with Crippen LogP contribution in [0.15, 0.2) is 28.1 Å². The average molecular weight is 345 g/mol. The topological polar surface area (TPSA) is 62.2 Å². The van der Waals surface area contributed by atoms with Gasteiger partial charge in [0.2, 0.25) is 0 Å². The number of hydrogen-bond acceptors (Lipinski definition) is 4. The Labute approximate surface area is 121 Å². The molecular weight excluding hydrogens is 335 g/mol. The Morgan fingerprint density at radius 3 is 3.00 bits per heavy atom. The second-order valence-corrected chi connectivity index (χ2v) is 5.50. The number of hydrogen-bond donors (Lipinski definition) is 2. The molecule has 0 saturated carbocycles. The number of rotatable bonds is 5. The van der Waals surface area contributed by atoms with Crippen LogP contribution in [0.4, 0.5) is 15.2 Å². The van der Waals surface area contributed by atoms with Crippen LogP contribution in [-0.2, 0) is 11.2 Å². The largest absolute Gasteiger partial charge is 0.481 e. The third kappa shape index (κ3) is 4.00. The van der Waals surface area contributed by atoms with Crippen LogP contribution in [0.2, 0.25) is 0 Å². The second-order valence-electron chi connectivity index (χ2n) is 3.79. The third-order valence-corrected chi connectivity index (χ3v) is 3.78. The molecule has 0 radical (unpaired) electrons.